The van der Waals surface area contributed by atoms with Crippen molar-refractivity contribution in [2.75, 3.05) is 11.5 Å². The molecule has 0 spiro atoms. The third-order valence-electron chi connectivity index (χ3n) is 1.90. The van der Waals surface area contributed by atoms with Crippen molar-refractivity contribution in [3.05, 3.63) is 17.5 Å². The van der Waals surface area contributed by atoms with Crippen LogP contribution in [-0.4, -0.2) is 4.98 Å². The lowest BCUT2D eigenvalue weighted by atomic mass is 10.1. The van der Waals surface area contributed by atoms with Crippen molar-refractivity contribution in [2.45, 2.75) is 27.2 Å². The van der Waals surface area contributed by atoms with Gasteiger partial charge in [0.05, 0.1) is 17.1 Å². The lowest BCUT2D eigenvalue weighted by Gasteiger charge is -2.10. The standard InChI is InChI=1S/C10H17N3/c1-6(2)4-9-10(12)8(11)5-7(3)13-9/h5-6H,4,12H2,1-3H3,(H2,11,13). The van der Waals surface area contributed by atoms with E-state index in [1.165, 1.54) is 0 Å². The largest absolute Gasteiger partial charge is 0.397 e. The van der Waals surface area contributed by atoms with Crippen molar-refractivity contribution in [3.63, 3.8) is 0 Å². The van der Waals surface area contributed by atoms with Crippen molar-refractivity contribution in [1.82, 2.24) is 4.98 Å². The Hall–Kier alpha value is -1.25. The minimum Gasteiger partial charge on any atom is -0.397 e. The van der Waals surface area contributed by atoms with E-state index in [4.69, 9.17) is 11.5 Å². The van der Waals surface area contributed by atoms with E-state index in [-0.39, 0.29) is 0 Å². The zero-order valence-electron chi connectivity index (χ0n) is 8.46. The van der Waals surface area contributed by atoms with Gasteiger partial charge in [0.2, 0.25) is 0 Å². The van der Waals surface area contributed by atoms with Gasteiger partial charge in [-0.2, -0.15) is 0 Å². The molecule has 0 saturated carbocycles. The van der Waals surface area contributed by atoms with E-state index in [2.05, 4.69) is 18.8 Å². The molecule has 0 unspecified atom stereocenters. The zero-order valence-corrected chi connectivity index (χ0v) is 8.46. The molecular formula is C10H17N3. The van der Waals surface area contributed by atoms with Crippen molar-refractivity contribution in [2.24, 2.45) is 5.92 Å². The van der Waals surface area contributed by atoms with Gasteiger partial charge in [-0.1, -0.05) is 13.8 Å². The van der Waals surface area contributed by atoms with E-state index in [1.807, 2.05) is 6.92 Å². The molecule has 0 aliphatic carbocycles. The molecule has 0 atom stereocenters. The first-order valence-electron chi connectivity index (χ1n) is 4.52. The highest BCUT2D eigenvalue weighted by molar-refractivity contribution is 5.65. The molecule has 13 heavy (non-hydrogen) atoms. The molecule has 0 aliphatic rings. The van der Waals surface area contributed by atoms with Crippen LogP contribution in [0.5, 0.6) is 0 Å². The summed E-state index contributed by atoms with van der Waals surface area (Å²) in [7, 11) is 0. The van der Waals surface area contributed by atoms with Crippen LogP contribution < -0.4 is 11.5 Å². The van der Waals surface area contributed by atoms with Crippen molar-refractivity contribution < 1.29 is 0 Å². The summed E-state index contributed by atoms with van der Waals surface area (Å²) in [5.74, 6) is 0.552. The van der Waals surface area contributed by atoms with E-state index < -0.39 is 0 Å². The van der Waals surface area contributed by atoms with Crippen LogP contribution in [0.15, 0.2) is 6.07 Å². The van der Waals surface area contributed by atoms with Crippen LogP contribution in [0, 0.1) is 12.8 Å². The van der Waals surface area contributed by atoms with E-state index in [0.717, 1.165) is 17.8 Å². The Labute approximate surface area is 79.2 Å². The van der Waals surface area contributed by atoms with Crippen LogP contribution in [-0.2, 0) is 6.42 Å². The summed E-state index contributed by atoms with van der Waals surface area (Å²) in [6.45, 7) is 6.21. The quantitative estimate of drug-likeness (QED) is 0.727. The van der Waals surface area contributed by atoms with Gasteiger partial charge in [-0.15, -0.1) is 0 Å². The fourth-order valence-corrected chi connectivity index (χ4v) is 1.32. The van der Waals surface area contributed by atoms with E-state index in [0.29, 0.717) is 17.3 Å². The summed E-state index contributed by atoms with van der Waals surface area (Å²) in [6, 6.07) is 1.80. The lowest BCUT2D eigenvalue weighted by molar-refractivity contribution is 0.636. The van der Waals surface area contributed by atoms with Gasteiger partial charge in [-0.3, -0.25) is 4.98 Å². The highest BCUT2D eigenvalue weighted by Gasteiger charge is 2.07. The molecule has 1 aromatic rings. The van der Waals surface area contributed by atoms with Crippen molar-refractivity contribution in [3.8, 4) is 0 Å². The number of hydrogen-bond donors (Lipinski definition) is 2. The van der Waals surface area contributed by atoms with Gasteiger partial charge < -0.3 is 11.5 Å². The Balaban J connectivity index is 3.05. The Morgan fingerprint density at radius 3 is 2.54 bits per heavy atom. The number of hydrogen-bond acceptors (Lipinski definition) is 3. The monoisotopic (exact) mass is 179 g/mol. The minimum atomic E-state index is 0.552. The molecule has 0 fully saturated rings. The molecule has 1 aromatic heterocycles. The van der Waals surface area contributed by atoms with Gasteiger partial charge in [0.25, 0.3) is 0 Å². The molecule has 0 aromatic carbocycles. The molecule has 1 rings (SSSR count). The average Bonchev–Trinajstić information content (AvgIpc) is 1.98. The molecular weight excluding hydrogens is 162 g/mol. The SMILES string of the molecule is Cc1cc(N)c(N)c(CC(C)C)n1. The van der Waals surface area contributed by atoms with E-state index in [9.17, 15) is 0 Å². The topological polar surface area (TPSA) is 64.9 Å². The first-order chi connectivity index (χ1) is 6.00. The molecule has 3 nitrogen and oxygen atoms in total. The number of aromatic nitrogens is 1. The van der Waals surface area contributed by atoms with Crippen LogP contribution in [0.4, 0.5) is 11.4 Å². The average molecular weight is 179 g/mol. The molecule has 0 radical (unpaired) electrons. The normalized spacial score (nSPS) is 10.8. The molecule has 0 bridgehead atoms. The number of pyridine rings is 1. The molecule has 4 N–H and O–H groups in total. The maximum atomic E-state index is 5.81. The minimum absolute atomic E-state index is 0.552. The third-order valence-corrected chi connectivity index (χ3v) is 1.90. The lowest BCUT2D eigenvalue weighted by Crippen LogP contribution is -2.06. The number of nitrogen functional groups attached to an aromatic ring is 2. The van der Waals surface area contributed by atoms with Gasteiger partial charge in [-0.25, -0.2) is 0 Å². The Morgan fingerprint density at radius 1 is 1.38 bits per heavy atom. The fourth-order valence-electron chi connectivity index (χ4n) is 1.32. The third kappa shape index (κ3) is 2.34. The van der Waals surface area contributed by atoms with Gasteiger partial charge in [0, 0.05) is 5.69 Å². The second kappa shape index (κ2) is 3.64. The van der Waals surface area contributed by atoms with Gasteiger partial charge >= 0.3 is 0 Å². The number of nitrogens with two attached hydrogens (primary N) is 2. The molecule has 0 amide bonds. The second-order valence-corrected chi connectivity index (χ2v) is 3.81. The van der Waals surface area contributed by atoms with Gasteiger partial charge in [-0.05, 0) is 25.3 Å². The first-order valence-corrected chi connectivity index (χ1v) is 4.52. The molecule has 3 heteroatoms. The fraction of sp³-hybridized carbons (Fsp3) is 0.500. The van der Waals surface area contributed by atoms with Crippen molar-refractivity contribution >= 4 is 11.4 Å². The molecule has 0 saturated heterocycles. The number of anilines is 2. The van der Waals surface area contributed by atoms with E-state index in [1.54, 1.807) is 6.07 Å². The number of nitrogens with zero attached hydrogens (tertiary/aromatic N) is 1. The Bertz CT molecular complexity index is 305. The summed E-state index contributed by atoms with van der Waals surface area (Å²) in [5, 5.41) is 0. The number of rotatable bonds is 2. The van der Waals surface area contributed by atoms with E-state index >= 15 is 0 Å². The maximum Gasteiger partial charge on any atom is 0.0767 e. The van der Waals surface area contributed by atoms with Gasteiger partial charge in [0.15, 0.2) is 0 Å². The van der Waals surface area contributed by atoms with Crippen LogP contribution in [0.1, 0.15) is 25.2 Å². The summed E-state index contributed by atoms with van der Waals surface area (Å²) in [6.07, 6.45) is 0.887. The highest BCUT2D eigenvalue weighted by Crippen LogP contribution is 2.21. The van der Waals surface area contributed by atoms with Crippen LogP contribution in [0.2, 0.25) is 0 Å². The summed E-state index contributed by atoms with van der Waals surface area (Å²) in [4.78, 5) is 4.37. The molecule has 0 aliphatic heterocycles. The maximum absolute atomic E-state index is 5.81. The van der Waals surface area contributed by atoms with Crippen LogP contribution in [0.3, 0.4) is 0 Å². The zero-order chi connectivity index (χ0) is 10.0. The molecule has 1 heterocycles. The first kappa shape index (κ1) is 9.84. The second-order valence-electron chi connectivity index (χ2n) is 3.81. The molecule has 72 valence electrons. The van der Waals surface area contributed by atoms with Crippen LogP contribution >= 0.6 is 0 Å². The Kier molecular flexibility index (Phi) is 2.76. The summed E-state index contributed by atoms with van der Waals surface area (Å²) >= 11 is 0. The summed E-state index contributed by atoms with van der Waals surface area (Å²) in [5.41, 5.74) is 14.7. The number of aryl methyl sites for hydroxylation is 1. The predicted octanol–water partition coefficient (Wildman–Crippen LogP) is 1.75. The van der Waals surface area contributed by atoms with Crippen LogP contribution in [0.25, 0.3) is 0 Å². The predicted molar refractivity (Wildman–Crippen MR) is 56.3 cm³/mol. The highest BCUT2D eigenvalue weighted by atomic mass is 14.8. The summed E-state index contributed by atoms with van der Waals surface area (Å²) < 4.78 is 0. The van der Waals surface area contributed by atoms with Gasteiger partial charge in [0.1, 0.15) is 0 Å². The smallest absolute Gasteiger partial charge is 0.0767 e. The van der Waals surface area contributed by atoms with Crippen molar-refractivity contribution in [1.29, 1.82) is 0 Å². The Morgan fingerprint density at radius 2 is 2.00 bits per heavy atom.